The predicted octanol–water partition coefficient (Wildman–Crippen LogP) is 2.31. The van der Waals surface area contributed by atoms with E-state index in [1.165, 1.54) is 18.9 Å². The van der Waals surface area contributed by atoms with Gasteiger partial charge in [0.05, 0.1) is 7.11 Å². The first-order valence-electron chi connectivity index (χ1n) is 6.71. The van der Waals surface area contributed by atoms with E-state index in [-0.39, 0.29) is 18.4 Å². The molecule has 0 saturated heterocycles. The maximum absolute atomic E-state index is 12.1. The van der Waals surface area contributed by atoms with Gasteiger partial charge in [0, 0.05) is 17.8 Å². The quantitative estimate of drug-likeness (QED) is 0.645. The molecule has 21 heavy (non-hydrogen) atoms. The molecule has 0 unspecified atom stereocenters. The van der Waals surface area contributed by atoms with Crippen LogP contribution in [0.5, 0.6) is 0 Å². The molecule has 0 fully saturated rings. The van der Waals surface area contributed by atoms with Crippen LogP contribution >= 0.6 is 0 Å². The molecule has 1 aromatic rings. The molecule has 6 nitrogen and oxygen atoms in total. The highest BCUT2D eigenvalue weighted by atomic mass is 16.5. The van der Waals surface area contributed by atoms with Gasteiger partial charge in [-0.25, -0.2) is 4.79 Å². The number of hydrogen-bond acceptors (Lipinski definition) is 4. The molecule has 0 atom stereocenters. The number of nitrogens with zero attached hydrogens (tertiary/aromatic N) is 1. The van der Waals surface area contributed by atoms with Gasteiger partial charge in [-0.3, -0.25) is 9.59 Å². The van der Waals surface area contributed by atoms with Gasteiger partial charge in [-0.15, -0.1) is 0 Å². The molecule has 0 radical (unpaired) electrons. The van der Waals surface area contributed by atoms with Gasteiger partial charge in [-0.2, -0.15) is 0 Å². The number of urea groups is 1. The maximum atomic E-state index is 12.1. The number of rotatable bonds is 6. The summed E-state index contributed by atoms with van der Waals surface area (Å²) in [6, 6.07) is 6.20. The van der Waals surface area contributed by atoms with Crippen LogP contribution in [0, 0.1) is 0 Å². The van der Waals surface area contributed by atoms with Crippen molar-refractivity contribution in [2.45, 2.75) is 20.3 Å². The number of carbonyl (C=O) groups excluding carboxylic acids is 3. The number of Topliss-reactive ketones (excluding diaryl/α,β-unsaturated/α-hetero) is 1. The van der Waals surface area contributed by atoms with Gasteiger partial charge in [0.25, 0.3) is 0 Å². The van der Waals surface area contributed by atoms with Crippen LogP contribution in [0.3, 0.4) is 0 Å². The van der Waals surface area contributed by atoms with E-state index in [0.717, 1.165) is 6.42 Å². The molecule has 0 aliphatic rings. The van der Waals surface area contributed by atoms with Crippen LogP contribution in [0.1, 0.15) is 30.6 Å². The van der Waals surface area contributed by atoms with E-state index >= 15 is 0 Å². The summed E-state index contributed by atoms with van der Waals surface area (Å²) in [4.78, 5) is 36.0. The highest BCUT2D eigenvalue weighted by Crippen LogP contribution is 2.11. The molecule has 0 spiro atoms. The van der Waals surface area contributed by atoms with Crippen molar-refractivity contribution in [2.24, 2.45) is 0 Å². The van der Waals surface area contributed by atoms with Crippen molar-refractivity contribution in [3.63, 3.8) is 0 Å². The van der Waals surface area contributed by atoms with Crippen molar-refractivity contribution >= 4 is 23.5 Å². The van der Waals surface area contributed by atoms with Crippen LogP contribution < -0.4 is 5.32 Å². The zero-order valence-electron chi connectivity index (χ0n) is 12.5. The molecule has 114 valence electrons. The van der Waals surface area contributed by atoms with Gasteiger partial charge < -0.3 is 15.0 Å². The number of anilines is 1. The number of nitrogens with one attached hydrogen (secondary N) is 1. The lowest BCUT2D eigenvalue weighted by atomic mass is 10.1. The van der Waals surface area contributed by atoms with E-state index in [9.17, 15) is 14.4 Å². The fourth-order valence-corrected chi connectivity index (χ4v) is 1.73. The lowest BCUT2D eigenvalue weighted by Gasteiger charge is -2.21. The summed E-state index contributed by atoms with van der Waals surface area (Å²) >= 11 is 0. The maximum Gasteiger partial charge on any atom is 0.325 e. The van der Waals surface area contributed by atoms with Crippen molar-refractivity contribution in [1.82, 2.24) is 4.90 Å². The number of benzene rings is 1. The third-order valence-corrected chi connectivity index (χ3v) is 2.87. The molecule has 1 rings (SSSR count). The van der Waals surface area contributed by atoms with Crippen LogP contribution in [0.4, 0.5) is 10.5 Å². The van der Waals surface area contributed by atoms with E-state index in [0.29, 0.717) is 17.8 Å². The summed E-state index contributed by atoms with van der Waals surface area (Å²) in [7, 11) is 1.28. The SMILES string of the molecule is CCCN(CC(=O)OC)C(=O)Nc1ccc(C(C)=O)cc1. The molecular formula is C15H20N2O4. The smallest absolute Gasteiger partial charge is 0.325 e. The van der Waals surface area contributed by atoms with Crippen LogP contribution in [0.15, 0.2) is 24.3 Å². The average molecular weight is 292 g/mol. The largest absolute Gasteiger partial charge is 0.468 e. The predicted molar refractivity (Wildman–Crippen MR) is 79.3 cm³/mol. The summed E-state index contributed by atoms with van der Waals surface area (Å²) < 4.78 is 4.57. The lowest BCUT2D eigenvalue weighted by molar-refractivity contribution is -0.141. The first kappa shape index (κ1) is 16.7. The molecule has 0 saturated carbocycles. The Hall–Kier alpha value is -2.37. The van der Waals surface area contributed by atoms with Crippen LogP contribution in [-0.4, -0.2) is 42.9 Å². The molecular weight excluding hydrogens is 272 g/mol. The van der Waals surface area contributed by atoms with Crippen molar-refractivity contribution in [2.75, 3.05) is 25.5 Å². The highest BCUT2D eigenvalue weighted by molar-refractivity contribution is 5.95. The van der Waals surface area contributed by atoms with Gasteiger partial charge in [0.1, 0.15) is 6.54 Å². The Morgan fingerprint density at radius 2 is 1.81 bits per heavy atom. The Morgan fingerprint density at radius 1 is 1.19 bits per heavy atom. The minimum absolute atomic E-state index is 0.0359. The van der Waals surface area contributed by atoms with Gasteiger partial charge in [0.2, 0.25) is 0 Å². The molecule has 6 heteroatoms. The molecule has 0 heterocycles. The molecule has 0 aliphatic carbocycles. The molecule has 1 N–H and O–H groups in total. The zero-order valence-corrected chi connectivity index (χ0v) is 12.5. The van der Waals surface area contributed by atoms with Crippen molar-refractivity contribution in [3.8, 4) is 0 Å². The van der Waals surface area contributed by atoms with E-state index in [2.05, 4.69) is 10.1 Å². The Kier molecular flexibility index (Phi) is 6.39. The van der Waals surface area contributed by atoms with Gasteiger partial charge in [-0.1, -0.05) is 6.92 Å². The average Bonchev–Trinajstić information content (AvgIpc) is 2.47. The fourth-order valence-electron chi connectivity index (χ4n) is 1.73. The van der Waals surface area contributed by atoms with E-state index in [1.807, 2.05) is 6.92 Å². The van der Waals surface area contributed by atoms with Crippen molar-refractivity contribution in [3.05, 3.63) is 29.8 Å². The van der Waals surface area contributed by atoms with Gasteiger partial charge >= 0.3 is 12.0 Å². The van der Waals surface area contributed by atoms with Crippen LogP contribution in [0.2, 0.25) is 0 Å². The molecule has 0 aliphatic heterocycles. The summed E-state index contributed by atoms with van der Waals surface area (Å²) in [5.74, 6) is -0.503. The van der Waals surface area contributed by atoms with E-state index in [4.69, 9.17) is 0 Å². The van der Waals surface area contributed by atoms with Crippen molar-refractivity contribution in [1.29, 1.82) is 0 Å². The standard InChI is InChI=1S/C15H20N2O4/c1-4-9-17(10-14(19)21-3)15(20)16-13-7-5-12(6-8-13)11(2)18/h5-8H,4,9-10H2,1-3H3,(H,16,20). The third kappa shape index (κ3) is 5.25. The fraction of sp³-hybridized carbons (Fsp3) is 0.400. The summed E-state index contributed by atoms with van der Waals surface area (Å²) in [5.41, 5.74) is 1.14. The number of ether oxygens (including phenoxy) is 1. The second-order valence-corrected chi connectivity index (χ2v) is 4.56. The number of carbonyl (C=O) groups is 3. The second-order valence-electron chi connectivity index (χ2n) is 4.56. The Balaban J connectivity index is 2.71. The summed E-state index contributed by atoms with van der Waals surface area (Å²) in [6.45, 7) is 3.75. The first-order valence-corrected chi connectivity index (χ1v) is 6.71. The molecule has 0 bridgehead atoms. The zero-order chi connectivity index (χ0) is 15.8. The minimum atomic E-state index is -0.467. The van der Waals surface area contributed by atoms with Crippen molar-refractivity contribution < 1.29 is 19.1 Å². The lowest BCUT2D eigenvalue weighted by Crippen LogP contribution is -2.39. The normalized spacial score (nSPS) is 9.86. The molecule has 0 aromatic heterocycles. The van der Waals surface area contributed by atoms with Crippen LogP contribution in [-0.2, 0) is 9.53 Å². The summed E-state index contributed by atoms with van der Waals surface area (Å²) in [6.07, 6.45) is 0.730. The highest BCUT2D eigenvalue weighted by Gasteiger charge is 2.16. The number of amides is 2. The third-order valence-electron chi connectivity index (χ3n) is 2.87. The number of ketones is 1. The number of methoxy groups -OCH3 is 1. The first-order chi connectivity index (χ1) is 9.97. The summed E-state index contributed by atoms with van der Waals surface area (Å²) in [5, 5.41) is 2.69. The topological polar surface area (TPSA) is 75.7 Å². The van der Waals surface area contributed by atoms with E-state index in [1.54, 1.807) is 24.3 Å². The van der Waals surface area contributed by atoms with E-state index < -0.39 is 5.97 Å². The number of hydrogen-bond donors (Lipinski definition) is 1. The van der Waals surface area contributed by atoms with Crippen LogP contribution in [0.25, 0.3) is 0 Å². The molecule has 1 aromatic carbocycles. The Bertz CT molecular complexity index is 511. The minimum Gasteiger partial charge on any atom is -0.468 e. The Labute approximate surface area is 124 Å². The second kappa shape index (κ2) is 8.04. The monoisotopic (exact) mass is 292 g/mol. The Morgan fingerprint density at radius 3 is 2.29 bits per heavy atom. The van der Waals surface area contributed by atoms with Gasteiger partial charge in [0.15, 0.2) is 5.78 Å². The number of esters is 1. The molecule has 2 amide bonds. The van der Waals surface area contributed by atoms with Gasteiger partial charge in [-0.05, 0) is 37.6 Å².